The van der Waals surface area contributed by atoms with Gasteiger partial charge in [-0.15, -0.1) is 0 Å². The fourth-order valence-corrected chi connectivity index (χ4v) is 2.97. The average molecular weight is 263 g/mol. The second kappa shape index (κ2) is 10.2. The SMILES string of the molecule is CCCNC(C)(CO)CC(C)SCCCOC. The van der Waals surface area contributed by atoms with Crippen LogP contribution in [-0.2, 0) is 4.74 Å². The highest BCUT2D eigenvalue weighted by molar-refractivity contribution is 7.99. The van der Waals surface area contributed by atoms with Crippen molar-refractivity contribution in [1.82, 2.24) is 5.32 Å². The molecule has 2 unspecified atom stereocenters. The number of hydrogen-bond acceptors (Lipinski definition) is 4. The molecule has 4 heteroatoms. The van der Waals surface area contributed by atoms with Gasteiger partial charge >= 0.3 is 0 Å². The van der Waals surface area contributed by atoms with Gasteiger partial charge in [-0.2, -0.15) is 11.8 Å². The van der Waals surface area contributed by atoms with Crippen molar-refractivity contribution in [3.05, 3.63) is 0 Å². The molecule has 104 valence electrons. The molecule has 0 aromatic rings. The fourth-order valence-electron chi connectivity index (χ4n) is 1.80. The van der Waals surface area contributed by atoms with E-state index in [0.717, 1.165) is 38.2 Å². The number of ether oxygens (including phenoxy) is 1. The van der Waals surface area contributed by atoms with Gasteiger partial charge in [0.1, 0.15) is 0 Å². The summed E-state index contributed by atoms with van der Waals surface area (Å²) in [5.41, 5.74) is -0.135. The first-order valence-electron chi connectivity index (χ1n) is 6.54. The van der Waals surface area contributed by atoms with Gasteiger partial charge in [0.05, 0.1) is 6.61 Å². The summed E-state index contributed by atoms with van der Waals surface area (Å²) in [7, 11) is 1.74. The second-order valence-electron chi connectivity index (χ2n) is 4.88. The molecular weight excluding hydrogens is 234 g/mol. The number of aliphatic hydroxyl groups is 1. The third-order valence-electron chi connectivity index (χ3n) is 2.78. The molecule has 0 bridgehead atoms. The van der Waals surface area contributed by atoms with Crippen molar-refractivity contribution in [3.8, 4) is 0 Å². The van der Waals surface area contributed by atoms with E-state index in [-0.39, 0.29) is 12.1 Å². The van der Waals surface area contributed by atoms with E-state index >= 15 is 0 Å². The predicted octanol–water partition coefficient (Wildman–Crippen LogP) is 2.29. The van der Waals surface area contributed by atoms with Crippen molar-refractivity contribution in [2.45, 2.75) is 50.8 Å². The van der Waals surface area contributed by atoms with E-state index in [1.807, 2.05) is 11.8 Å². The smallest absolute Gasteiger partial charge is 0.0611 e. The van der Waals surface area contributed by atoms with Crippen molar-refractivity contribution >= 4 is 11.8 Å². The van der Waals surface area contributed by atoms with Crippen molar-refractivity contribution in [2.75, 3.05) is 32.6 Å². The van der Waals surface area contributed by atoms with Crippen LogP contribution in [-0.4, -0.2) is 48.5 Å². The van der Waals surface area contributed by atoms with Crippen molar-refractivity contribution in [2.24, 2.45) is 0 Å². The Labute approximate surface area is 111 Å². The Balaban J connectivity index is 3.83. The quantitative estimate of drug-likeness (QED) is 0.561. The molecule has 17 heavy (non-hydrogen) atoms. The maximum absolute atomic E-state index is 9.48. The van der Waals surface area contributed by atoms with E-state index in [0.29, 0.717) is 5.25 Å². The van der Waals surface area contributed by atoms with Gasteiger partial charge in [-0.05, 0) is 38.5 Å². The highest BCUT2D eigenvalue weighted by Gasteiger charge is 2.24. The lowest BCUT2D eigenvalue weighted by Crippen LogP contribution is -2.47. The fraction of sp³-hybridized carbons (Fsp3) is 1.00. The summed E-state index contributed by atoms with van der Waals surface area (Å²) in [6.45, 7) is 8.50. The summed E-state index contributed by atoms with van der Waals surface area (Å²) in [5.74, 6) is 1.13. The third kappa shape index (κ3) is 8.89. The molecule has 3 nitrogen and oxygen atoms in total. The number of aliphatic hydroxyl groups excluding tert-OH is 1. The molecular formula is C13H29NO2S. The van der Waals surface area contributed by atoms with Crippen molar-refractivity contribution in [3.63, 3.8) is 0 Å². The predicted molar refractivity (Wildman–Crippen MR) is 76.8 cm³/mol. The molecule has 0 amide bonds. The summed E-state index contributed by atoms with van der Waals surface area (Å²) in [6, 6.07) is 0. The Morgan fingerprint density at radius 3 is 2.71 bits per heavy atom. The molecule has 0 saturated heterocycles. The minimum Gasteiger partial charge on any atom is -0.394 e. The van der Waals surface area contributed by atoms with E-state index in [2.05, 4.69) is 26.1 Å². The molecule has 0 saturated carbocycles. The Morgan fingerprint density at radius 2 is 2.18 bits per heavy atom. The van der Waals surface area contributed by atoms with Gasteiger partial charge in [0, 0.05) is 24.5 Å². The zero-order valence-corrected chi connectivity index (χ0v) is 12.6. The molecule has 2 N–H and O–H groups in total. The van der Waals surface area contributed by atoms with Crippen LogP contribution in [0.1, 0.15) is 40.0 Å². The Morgan fingerprint density at radius 1 is 1.47 bits per heavy atom. The lowest BCUT2D eigenvalue weighted by Gasteiger charge is -2.31. The highest BCUT2D eigenvalue weighted by Crippen LogP contribution is 2.22. The van der Waals surface area contributed by atoms with Crippen molar-refractivity contribution < 1.29 is 9.84 Å². The van der Waals surface area contributed by atoms with E-state index < -0.39 is 0 Å². The topological polar surface area (TPSA) is 41.5 Å². The molecule has 0 aliphatic rings. The second-order valence-corrected chi connectivity index (χ2v) is 6.42. The van der Waals surface area contributed by atoms with Crippen LogP contribution in [0.3, 0.4) is 0 Å². The maximum Gasteiger partial charge on any atom is 0.0611 e. The molecule has 0 aromatic heterocycles. The number of rotatable bonds is 11. The van der Waals surface area contributed by atoms with Crippen LogP contribution in [0.15, 0.2) is 0 Å². The molecule has 0 aromatic carbocycles. The standard InChI is InChI=1S/C13H29NO2S/c1-5-7-14-13(3,11-15)10-12(2)17-9-6-8-16-4/h12,14-15H,5-11H2,1-4H3. The average Bonchev–Trinajstić information content (AvgIpc) is 2.32. The Kier molecular flexibility index (Phi) is 10.3. The van der Waals surface area contributed by atoms with Crippen LogP contribution in [0.4, 0.5) is 0 Å². The van der Waals surface area contributed by atoms with Crippen LogP contribution in [0.25, 0.3) is 0 Å². The Bertz CT molecular complexity index is 181. The third-order valence-corrected chi connectivity index (χ3v) is 4.04. The number of nitrogens with one attached hydrogen (secondary N) is 1. The lowest BCUT2D eigenvalue weighted by molar-refractivity contribution is 0.166. The van der Waals surface area contributed by atoms with Crippen LogP contribution < -0.4 is 5.32 Å². The summed E-state index contributed by atoms with van der Waals surface area (Å²) in [4.78, 5) is 0. The molecule has 2 atom stereocenters. The molecule has 0 aliphatic heterocycles. The van der Waals surface area contributed by atoms with Crippen LogP contribution in [0, 0.1) is 0 Å². The molecule has 0 heterocycles. The normalized spacial score (nSPS) is 16.8. The minimum absolute atomic E-state index is 0.135. The lowest BCUT2D eigenvalue weighted by atomic mass is 9.97. The van der Waals surface area contributed by atoms with Gasteiger partial charge < -0.3 is 15.2 Å². The summed E-state index contributed by atoms with van der Waals surface area (Å²) >= 11 is 1.96. The monoisotopic (exact) mass is 263 g/mol. The number of methoxy groups -OCH3 is 1. The van der Waals surface area contributed by atoms with Gasteiger partial charge in [-0.1, -0.05) is 13.8 Å². The van der Waals surface area contributed by atoms with Gasteiger partial charge in [0.2, 0.25) is 0 Å². The van der Waals surface area contributed by atoms with Crippen LogP contribution >= 0.6 is 11.8 Å². The molecule has 0 spiro atoms. The zero-order valence-electron chi connectivity index (χ0n) is 11.8. The van der Waals surface area contributed by atoms with Gasteiger partial charge in [-0.3, -0.25) is 0 Å². The van der Waals surface area contributed by atoms with E-state index in [4.69, 9.17) is 4.74 Å². The van der Waals surface area contributed by atoms with E-state index in [1.165, 1.54) is 0 Å². The summed E-state index contributed by atoms with van der Waals surface area (Å²) in [6.07, 6.45) is 3.20. The summed E-state index contributed by atoms with van der Waals surface area (Å²) in [5, 5.41) is 13.5. The van der Waals surface area contributed by atoms with Gasteiger partial charge in [0.25, 0.3) is 0 Å². The van der Waals surface area contributed by atoms with E-state index in [1.54, 1.807) is 7.11 Å². The highest BCUT2D eigenvalue weighted by atomic mass is 32.2. The molecule has 0 radical (unpaired) electrons. The zero-order chi connectivity index (χ0) is 13.1. The number of hydrogen-bond donors (Lipinski definition) is 2. The number of thioether (sulfide) groups is 1. The van der Waals surface area contributed by atoms with Gasteiger partial charge in [0.15, 0.2) is 0 Å². The largest absolute Gasteiger partial charge is 0.394 e. The molecule has 0 aliphatic carbocycles. The first-order chi connectivity index (χ1) is 8.08. The van der Waals surface area contributed by atoms with Crippen LogP contribution in [0.2, 0.25) is 0 Å². The Hall–Kier alpha value is 0.230. The first-order valence-corrected chi connectivity index (χ1v) is 7.59. The molecule has 0 fully saturated rings. The summed E-state index contributed by atoms with van der Waals surface area (Å²) < 4.78 is 5.03. The first kappa shape index (κ1) is 17.2. The maximum atomic E-state index is 9.48. The van der Waals surface area contributed by atoms with Crippen molar-refractivity contribution in [1.29, 1.82) is 0 Å². The molecule has 0 rings (SSSR count). The van der Waals surface area contributed by atoms with Gasteiger partial charge in [-0.25, -0.2) is 0 Å². The minimum atomic E-state index is -0.135. The van der Waals surface area contributed by atoms with Crippen LogP contribution in [0.5, 0.6) is 0 Å². The van der Waals surface area contributed by atoms with E-state index in [9.17, 15) is 5.11 Å².